The molecule has 14 heavy (non-hydrogen) atoms. The Morgan fingerprint density at radius 1 is 1.43 bits per heavy atom. The number of aliphatic carboxylic acids is 1. The van der Waals surface area contributed by atoms with Gasteiger partial charge in [0.2, 0.25) is 0 Å². The summed E-state index contributed by atoms with van der Waals surface area (Å²) >= 11 is 0. The van der Waals surface area contributed by atoms with Gasteiger partial charge < -0.3 is 15.5 Å². The first-order valence-corrected chi connectivity index (χ1v) is 3.75. The average Bonchev–Trinajstić information content (AvgIpc) is 2.15. The third-order valence-electron chi connectivity index (χ3n) is 1.44. The van der Waals surface area contributed by atoms with Gasteiger partial charge >= 0.3 is 11.9 Å². The molecular weight excluding hydrogens is 188 g/mol. The SMILES string of the molecule is O=C(O)CNc1cccnc1C(=O)O. The van der Waals surface area contributed by atoms with Crippen LogP contribution in [0.4, 0.5) is 5.69 Å². The summed E-state index contributed by atoms with van der Waals surface area (Å²) in [6.45, 7) is -0.341. The van der Waals surface area contributed by atoms with E-state index in [2.05, 4.69) is 10.3 Å². The number of aromatic carboxylic acids is 1. The molecule has 3 N–H and O–H groups in total. The molecule has 0 saturated carbocycles. The quantitative estimate of drug-likeness (QED) is 0.639. The molecule has 1 rings (SSSR count). The maximum absolute atomic E-state index is 10.6. The number of pyridine rings is 1. The van der Waals surface area contributed by atoms with Gasteiger partial charge in [0, 0.05) is 6.20 Å². The Balaban J connectivity index is 2.84. The first kappa shape index (κ1) is 9.97. The van der Waals surface area contributed by atoms with Crippen LogP contribution in [0.1, 0.15) is 10.5 Å². The number of carboxylic acids is 2. The Labute approximate surface area is 79.2 Å². The van der Waals surface area contributed by atoms with E-state index in [-0.39, 0.29) is 17.9 Å². The van der Waals surface area contributed by atoms with Crippen LogP contribution in [0.15, 0.2) is 18.3 Å². The van der Waals surface area contributed by atoms with Crippen LogP contribution in [-0.2, 0) is 4.79 Å². The molecule has 74 valence electrons. The number of nitrogens with one attached hydrogen (secondary N) is 1. The lowest BCUT2D eigenvalue weighted by Crippen LogP contribution is -2.15. The molecule has 1 aromatic heterocycles. The minimum Gasteiger partial charge on any atom is -0.480 e. The highest BCUT2D eigenvalue weighted by Crippen LogP contribution is 2.10. The molecule has 0 fully saturated rings. The smallest absolute Gasteiger partial charge is 0.356 e. The van der Waals surface area contributed by atoms with Gasteiger partial charge in [-0.2, -0.15) is 0 Å². The van der Waals surface area contributed by atoms with Crippen molar-refractivity contribution in [2.45, 2.75) is 0 Å². The van der Waals surface area contributed by atoms with Gasteiger partial charge in [0.25, 0.3) is 0 Å². The number of nitrogens with zero attached hydrogens (tertiary/aromatic N) is 1. The van der Waals surface area contributed by atoms with Crippen molar-refractivity contribution in [2.75, 3.05) is 11.9 Å². The minimum atomic E-state index is -1.20. The topological polar surface area (TPSA) is 99.5 Å². The van der Waals surface area contributed by atoms with Gasteiger partial charge in [0.15, 0.2) is 5.69 Å². The molecule has 0 unspecified atom stereocenters. The summed E-state index contributed by atoms with van der Waals surface area (Å²) in [6, 6.07) is 2.98. The van der Waals surface area contributed by atoms with E-state index in [1.807, 2.05) is 0 Å². The summed E-state index contributed by atoms with van der Waals surface area (Å²) in [5.41, 5.74) is 0.0103. The van der Waals surface area contributed by atoms with E-state index in [0.29, 0.717) is 0 Å². The zero-order chi connectivity index (χ0) is 10.6. The van der Waals surface area contributed by atoms with Crippen molar-refractivity contribution < 1.29 is 19.8 Å². The molecule has 0 saturated heterocycles. The molecule has 0 amide bonds. The van der Waals surface area contributed by atoms with Crippen LogP contribution in [0, 0.1) is 0 Å². The van der Waals surface area contributed by atoms with Gasteiger partial charge in [-0.25, -0.2) is 9.78 Å². The number of hydrogen-bond donors (Lipinski definition) is 3. The van der Waals surface area contributed by atoms with Crippen LogP contribution >= 0.6 is 0 Å². The second-order valence-electron chi connectivity index (χ2n) is 2.45. The summed E-state index contributed by atoms with van der Waals surface area (Å²) in [5, 5.41) is 19.5. The van der Waals surface area contributed by atoms with E-state index >= 15 is 0 Å². The molecule has 6 heteroatoms. The maximum Gasteiger partial charge on any atom is 0.356 e. The lowest BCUT2D eigenvalue weighted by molar-refractivity contribution is -0.134. The molecule has 0 aliphatic rings. The lowest BCUT2D eigenvalue weighted by Gasteiger charge is -2.05. The second kappa shape index (κ2) is 4.22. The summed E-state index contributed by atoms with van der Waals surface area (Å²) in [4.78, 5) is 24.4. The molecule has 6 nitrogen and oxygen atoms in total. The van der Waals surface area contributed by atoms with E-state index in [1.165, 1.54) is 18.3 Å². The highest BCUT2D eigenvalue weighted by Gasteiger charge is 2.10. The van der Waals surface area contributed by atoms with E-state index in [1.54, 1.807) is 0 Å². The Morgan fingerprint density at radius 2 is 2.14 bits per heavy atom. The zero-order valence-corrected chi connectivity index (χ0v) is 7.10. The molecule has 0 aliphatic carbocycles. The van der Waals surface area contributed by atoms with Gasteiger partial charge in [-0.3, -0.25) is 4.79 Å². The number of aromatic nitrogens is 1. The monoisotopic (exact) mass is 196 g/mol. The Hall–Kier alpha value is -2.11. The maximum atomic E-state index is 10.6. The lowest BCUT2D eigenvalue weighted by atomic mass is 10.3. The summed E-state index contributed by atoms with van der Waals surface area (Å²) in [5.74, 6) is -2.26. The first-order chi connectivity index (χ1) is 6.61. The number of rotatable bonds is 4. The number of hydrogen-bond acceptors (Lipinski definition) is 4. The highest BCUT2D eigenvalue weighted by molar-refractivity contribution is 5.92. The molecule has 0 radical (unpaired) electrons. The van der Waals surface area contributed by atoms with Gasteiger partial charge in [-0.05, 0) is 12.1 Å². The van der Waals surface area contributed by atoms with Crippen LogP contribution in [0.5, 0.6) is 0 Å². The molecule has 1 aromatic rings. The number of carboxylic acid groups (broad SMARTS) is 2. The fourth-order valence-corrected chi connectivity index (χ4v) is 0.889. The van der Waals surface area contributed by atoms with Gasteiger partial charge in [0.05, 0.1) is 5.69 Å². The molecule has 0 bridgehead atoms. The summed E-state index contributed by atoms with van der Waals surface area (Å²) < 4.78 is 0. The molecule has 0 spiro atoms. The van der Waals surface area contributed by atoms with Crippen LogP contribution in [0.25, 0.3) is 0 Å². The molecule has 0 aliphatic heterocycles. The van der Waals surface area contributed by atoms with Gasteiger partial charge in [-0.15, -0.1) is 0 Å². The van der Waals surface area contributed by atoms with Crippen LogP contribution in [-0.4, -0.2) is 33.7 Å². The Bertz CT molecular complexity index is 364. The zero-order valence-electron chi connectivity index (χ0n) is 7.10. The van der Waals surface area contributed by atoms with Crippen molar-refractivity contribution in [1.29, 1.82) is 0 Å². The number of carbonyl (C=O) groups is 2. The molecule has 0 aromatic carbocycles. The van der Waals surface area contributed by atoms with Crippen LogP contribution in [0.3, 0.4) is 0 Å². The van der Waals surface area contributed by atoms with Gasteiger partial charge in [0.1, 0.15) is 6.54 Å². The highest BCUT2D eigenvalue weighted by atomic mass is 16.4. The van der Waals surface area contributed by atoms with Gasteiger partial charge in [-0.1, -0.05) is 0 Å². The third-order valence-corrected chi connectivity index (χ3v) is 1.44. The van der Waals surface area contributed by atoms with Crippen molar-refractivity contribution in [3.63, 3.8) is 0 Å². The minimum absolute atomic E-state index is 0.186. The molecule has 0 atom stereocenters. The summed E-state index contributed by atoms with van der Waals surface area (Å²) in [7, 11) is 0. The van der Waals surface area contributed by atoms with E-state index in [9.17, 15) is 9.59 Å². The fourth-order valence-electron chi connectivity index (χ4n) is 0.889. The summed E-state index contributed by atoms with van der Waals surface area (Å²) in [6.07, 6.45) is 1.33. The third kappa shape index (κ3) is 2.44. The molecular formula is C8H8N2O4. The fraction of sp³-hybridized carbons (Fsp3) is 0.125. The average molecular weight is 196 g/mol. The van der Waals surface area contributed by atoms with Crippen molar-refractivity contribution in [3.8, 4) is 0 Å². The van der Waals surface area contributed by atoms with E-state index < -0.39 is 11.9 Å². The van der Waals surface area contributed by atoms with Crippen molar-refractivity contribution in [2.24, 2.45) is 0 Å². The Morgan fingerprint density at radius 3 is 2.71 bits per heavy atom. The largest absolute Gasteiger partial charge is 0.480 e. The number of anilines is 1. The van der Waals surface area contributed by atoms with Crippen LogP contribution in [0.2, 0.25) is 0 Å². The van der Waals surface area contributed by atoms with Crippen molar-refractivity contribution in [1.82, 2.24) is 4.98 Å². The van der Waals surface area contributed by atoms with Crippen molar-refractivity contribution in [3.05, 3.63) is 24.0 Å². The first-order valence-electron chi connectivity index (χ1n) is 3.75. The predicted molar refractivity (Wildman–Crippen MR) is 47.3 cm³/mol. The molecule has 1 heterocycles. The standard InChI is InChI=1S/C8H8N2O4/c11-6(12)4-10-5-2-1-3-9-7(5)8(13)14/h1-3,10H,4H2,(H,11,12)(H,13,14). The van der Waals surface area contributed by atoms with Crippen LogP contribution < -0.4 is 5.32 Å². The predicted octanol–water partition coefficient (Wildman–Crippen LogP) is 0.276. The normalized spacial score (nSPS) is 9.43. The second-order valence-corrected chi connectivity index (χ2v) is 2.45. The van der Waals surface area contributed by atoms with Crippen molar-refractivity contribution >= 4 is 17.6 Å². The van der Waals surface area contributed by atoms with E-state index in [4.69, 9.17) is 10.2 Å². The van der Waals surface area contributed by atoms with E-state index in [0.717, 1.165) is 0 Å². The Kier molecular flexibility index (Phi) is 3.01.